The zero-order valence-corrected chi connectivity index (χ0v) is 17.3. The Kier molecular flexibility index (Phi) is 6.75. The fourth-order valence-corrected chi connectivity index (χ4v) is 4.18. The van der Waals surface area contributed by atoms with Gasteiger partial charge in [-0.05, 0) is 48.6 Å². The third kappa shape index (κ3) is 6.24. The van der Waals surface area contributed by atoms with Crippen LogP contribution in [0.25, 0.3) is 0 Å². The van der Waals surface area contributed by atoms with Gasteiger partial charge >= 0.3 is 0 Å². The number of carbonyl (C=O) groups excluding carboxylic acids is 1. The van der Waals surface area contributed by atoms with Crippen LogP contribution in [0.1, 0.15) is 0 Å². The molecule has 1 amide bonds. The molecule has 0 aliphatic rings. The Morgan fingerprint density at radius 3 is 2.48 bits per heavy atom. The number of amides is 1. The van der Waals surface area contributed by atoms with Gasteiger partial charge in [0.2, 0.25) is 0 Å². The van der Waals surface area contributed by atoms with Crippen LogP contribution in [0.15, 0.2) is 71.1 Å². The number of nitrogens with one attached hydrogen (secondary N) is 3. The van der Waals surface area contributed by atoms with Crippen molar-refractivity contribution >= 4 is 55.4 Å². The van der Waals surface area contributed by atoms with Gasteiger partial charge in [-0.2, -0.15) is 0 Å². The van der Waals surface area contributed by atoms with Crippen LogP contribution in [0.2, 0.25) is 0 Å². The maximum Gasteiger partial charge on any atom is 0.264 e. The molecule has 0 saturated heterocycles. The lowest BCUT2D eigenvalue weighted by atomic mass is 10.3. The van der Waals surface area contributed by atoms with Crippen LogP contribution in [0.4, 0.5) is 10.8 Å². The highest BCUT2D eigenvalue weighted by atomic mass is 32.2. The Hall–Kier alpha value is -3.02. The third-order valence-electron chi connectivity index (χ3n) is 3.44. The van der Waals surface area contributed by atoms with Gasteiger partial charge in [0.1, 0.15) is 5.75 Å². The minimum atomic E-state index is -3.73. The van der Waals surface area contributed by atoms with Gasteiger partial charge in [-0.15, -0.1) is 11.3 Å². The van der Waals surface area contributed by atoms with Crippen molar-refractivity contribution in [2.45, 2.75) is 4.90 Å². The SMILES string of the molecule is O=C(COc1ccccc1)NC(=S)Nc1ccc(S(=O)(=O)Nc2nccs2)cc1. The molecule has 0 bridgehead atoms. The van der Waals surface area contributed by atoms with Crippen LogP contribution in [0.3, 0.4) is 0 Å². The number of carbonyl (C=O) groups is 1. The van der Waals surface area contributed by atoms with E-state index in [-0.39, 0.29) is 21.7 Å². The maximum absolute atomic E-state index is 12.3. The molecular formula is C18H16N4O4S3. The smallest absolute Gasteiger partial charge is 0.264 e. The lowest BCUT2D eigenvalue weighted by molar-refractivity contribution is -0.121. The highest BCUT2D eigenvalue weighted by molar-refractivity contribution is 7.93. The number of nitrogens with zero attached hydrogens (tertiary/aromatic N) is 1. The Morgan fingerprint density at radius 1 is 1.10 bits per heavy atom. The standard InChI is InChI=1S/C18H16N4O4S3/c23-16(12-26-14-4-2-1-3-5-14)21-17(27)20-13-6-8-15(9-7-13)29(24,25)22-18-19-10-11-28-18/h1-11H,12H2,(H,19,22)(H2,20,21,23,27). The normalized spacial score (nSPS) is 10.8. The van der Waals surface area contributed by atoms with Crippen molar-refractivity contribution in [3.05, 3.63) is 66.2 Å². The van der Waals surface area contributed by atoms with Crippen molar-refractivity contribution in [2.24, 2.45) is 0 Å². The summed E-state index contributed by atoms with van der Waals surface area (Å²) in [6.07, 6.45) is 1.51. The fourth-order valence-electron chi connectivity index (χ4n) is 2.16. The summed E-state index contributed by atoms with van der Waals surface area (Å²) in [6, 6.07) is 14.8. The predicted octanol–water partition coefficient (Wildman–Crippen LogP) is 2.84. The molecule has 3 N–H and O–H groups in total. The molecule has 11 heteroatoms. The van der Waals surface area contributed by atoms with Crippen molar-refractivity contribution in [3.63, 3.8) is 0 Å². The summed E-state index contributed by atoms with van der Waals surface area (Å²) in [7, 11) is -3.73. The van der Waals surface area contributed by atoms with E-state index < -0.39 is 15.9 Å². The van der Waals surface area contributed by atoms with E-state index in [1.165, 1.54) is 41.8 Å². The van der Waals surface area contributed by atoms with Gasteiger partial charge < -0.3 is 10.1 Å². The minimum Gasteiger partial charge on any atom is -0.484 e. The average molecular weight is 449 g/mol. The zero-order chi connectivity index (χ0) is 20.7. The summed E-state index contributed by atoms with van der Waals surface area (Å²) in [5, 5.41) is 7.34. The lowest BCUT2D eigenvalue weighted by Gasteiger charge is -2.11. The van der Waals surface area contributed by atoms with Gasteiger partial charge in [0.25, 0.3) is 15.9 Å². The first-order valence-corrected chi connectivity index (χ1v) is 11.0. The molecule has 0 aliphatic heterocycles. The van der Waals surface area contributed by atoms with Crippen molar-refractivity contribution in [1.29, 1.82) is 0 Å². The van der Waals surface area contributed by atoms with Crippen molar-refractivity contribution < 1.29 is 17.9 Å². The topological polar surface area (TPSA) is 109 Å². The van der Waals surface area contributed by atoms with Crippen molar-refractivity contribution in [1.82, 2.24) is 10.3 Å². The van der Waals surface area contributed by atoms with Crippen LogP contribution < -0.4 is 20.1 Å². The molecule has 0 fully saturated rings. The van der Waals surface area contributed by atoms with Crippen molar-refractivity contribution in [3.8, 4) is 5.75 Å². The zero-order valence-electron chi connectivity index (χ0n) is 14.9. The molecular weight excluding hydrogens is 432 g/mol. The fraction of sp³-hybridized carbons (Fsp3) is 0.0556. The summed E-state index contributed by atoms with van der Waals surface area (Å²) in [5.41, 5.74) is 0.521. The molecule has 2 aromatic carbocycles. The first-order valence-electron chi connectivity index (χ1n) is 8.23. The largest absolute Gasteiger partial charge is 0.484 e. The predicted molar refractivity (Wildman–Crippen MR) is 116 cm³/mol. The highest BCUT2D eigenvalue weighted by Crippen LogP contribution is 2.19. The number of hydrogen-bond acceptors (Lipinski definition) is 7. The van der Waals surface area contributed by atoms with Gasteiger partial charge in [-0.3, -0.25) is 14.8 Å². The Balaban J connectivity index is 1.51. The molecule has 150 valence electrons. The van der Waals surface area contributed by atoms with E-state index in [9.17, 15) is 13.2 Å². The highest BCUT2D eigenvalue weighted by Gasteiger charge is 2.15. The molecule has 3 aromatic rings. The van der Waals surface area contributed by atoms with Gasteiger partial charge in [0, 0.05) is 17.3 Å². The molecule has 0 radical (unpaired) electrons. The van der Waals surface area contributed by atoms with E-state index in [0.29, 0.717) is 11.4 Å². The first-order chi connectivity index (χ1) is 13.9. The second kappa shape index (κ2) is 9.45. The Labute approximate surface area is 177 Å². The van der Waals surface area contributed by atoms with Crippen LogP contribution in [0.5, 0.6) is 5.75 Å². The van der Waals surface area contributed by atoms with E-state index in [4.69, 9.17) is 17.0 Å². The summed E-state index contributed by atoms with van der Waals surface area (Å²) in [6.45, 7) is -0.189. The quantitative estimate of drug-likeness (QED) is 0.477. The molecule has 1 heterocycles. The van der Waals surface area contributed by atoms with E-state index in [2.05, 4.69) is 20.3 Å². The average Bonchev–Trinajstić information content (AvgIpc) is 3.20. The molecule has 0 atom stereocenters. The number of aromatic nitrogens is 1. The Bertz CT molecular complexity index is 1070. The third-order valence-corrected chi connectivity index (χ3v) is 5.82. The summed E-state index contributed by atoms with van der Waals surface area (Å²) < 4.78 is 32.3. The molecule has 0 aliphatic carbocycles. The lowest BCUT2D eigenvalue weighted by Crippen LogP contribution is -2.37. The maximum atomic E-state index is 12.3. The van der Waals surface area contributed by atoms with E-state index in [0.717, 1.165) is 0 Å². The molecule has 1 aromatic heterocycles. The summed E-state index contributed by atoms with van der Waals surface area (Å²) in [5.74, 6) is 0.155. The molecule has 29 heavy (non-hydrogen) atoms. The number of sulfonamides is 1. The minimum absolute atomic E-state index is 0.0724. The second-order valence-electron chi connectivity index (χ2n) is 5.57. The number of hydrogen-bond donors (Lipinski definition) is 3. The number of benzene rings is 2. The number of thiazole rings is 1. The molecule has 3 rings (SSSR count). The van der Waals surface area contributed by atoms with E-state index >= 15 is 0 Å². The number of thiocarbonyl (C=S) groups is 1. The van der Waals surface area contributed by atoms with E-state index in [1.807, 2.05) is 6.07 Å². The number of anilines is 2. The second-order valence-corrected chi connectivity index (χ2v) is 8.56. The number of ether oxygens (including phenoxy) is 1. The van der Waals surface area contributed by atoms with Crippen LogP contribution in [0, 0.1) is 0 Å². The van der Waals surface area contributed by atoms with Gasteiger partial charge in [-0.1, -0.05) is 18.2 Å². The molecule has 0 unspecified atom stereocenters. The van der Waals surface area contributed by atoms with Gasteiger partial charge in [0.15, 0.2) is 16.9 Å². The van der Waals surface area contributed by atoms with Crippen LogP contribution in [-0.2, 0) is 14.8 Å². The molecule has 8 nitrogen and oxygen atoms in total. The summed E-state index contributed by atoms with van der Waals surface area (Å²) in [4.78, 5) is 15.9. The molecule has 0 saturated carbocycles. The molecule has 0 spiro atoms. The number of rotatable bonds is 7. The monoisotopic (exact) mass is 448 g/mol. The van der Waals surface area contributed by atoms with Crippen molar-refractivity contribution in [2.75, 3.05) is 16.6 Å². The summed E-state index contributed by atoms with van der Waals surface area (Å²) >= 11 is 6.27. The first kappa shape index (κ1) is 20.7. The number of para-hydroxylation sites is 1. The van der Waals surface area contributed by atoms with E-state index in [1.54, 1.807) is 29.6 Å². The van der Waals surface area contributed by atoms with Crippen LogP contribution in [-0.4, -0.2) is 31.0 Å². The van der Waals surface area contributed by atoms with Gasteiger partial charge in [0.05, 0.1) is 4.90 Å². The Morgan fingerprint density at radius 2 is 1.83 bits per heavy atom. The van der Waals surface area contributed by atoms with Gasteiger partial charge in [-0.25, -0.2) is 13.4 Å². The van der Waals surface area contributed by atoms with Crippen LogP contribution >= 0.6 is 23.6 Å².